The number of nitrogens with zero attached hydrogens (tertiary/aromatic N) is 2. The first-order valence-electron chi connectivity index (χ1n) is 11.6. The van der Waals surface area contributed by atoms with Crippen LogP contribution in [0, 0.1) is 6.92 Å². The van der Waals surface area contributed by atoms with Crippen molar-refractivity contribution >= 4 is 40.9 Å². The van der Waals surface area contributed by atoms with Crippen LogP contribution in [0.15, 0.2) is 72.5 Å². The molecule has 5 rings (SSSR count). The zero-order chi connectivity index (χ0) is 24.5. The summed E-state index contributed by atoms with van der Waals surface area (Å²) in [4.78, 5) is 30.1. The topological polar surface area (TPSA) is 61.9 Å². The van der Waals surface area contributed by atoms with Crippen molar-refractivity contribution in [3.63, 3.8) is 0 Å². The second kappa shape index (κ2) is 9.47. The van der Waals surface area contributed by atoms with E-state index >= 15 is 0 Å². The molecule has 7 heteroatoms. The van der Waals surface area contributed by atoms with Gasteiger partial charge in [0.25, 0.3) is 11.8 Å². The number of hydrogen-bond acceptors (Lipinski definition) is 4. The lowest BCUT2D eigenvalue weighted by Gasteiger charge is -2.41. The van der Waals surface area contributed by atoms with Crippen molar-refractivity contribution in [3.8, 4) is 5.75 Å². The molecular weight excluding hydrogens is 462 g/mol. The highest BCUT2D eigenvalue weighted by molar-refractivity contribution is 6.30. The number of amides is 2. The van der Waals surface area contributed by atoms with Gasteiger partial charge < -0.3 is 19.9 Å². The first kappa shape index (κ1) is 23.0. The van der Waals surface area contributed by atoms with Gasteiger partial charge in [-0.1, -0.05) is 35.9 Å². The summed E-state index contributed by atoms with van der Waals surface area (Å²) in [5.74, 6) is 0.229. The van der Waals surface area contributed by atoms with Crippen molar-refractivity contribution < 1.29 is 14.3 Å². The monoisotopic (exact) mass is 487 g/mol. The largest absolute Gasteiger partial charge is 0.449 e. The number of fused-ring (bicyclic) bond motifs is 1. The van der Waals surface area contributed by atoms with Crippen LogP contribution < -0.4 is 15.0 Å². The van der Waals surface area contributed by atoms with Gasteiger partial charge in [-0.15, -0.1) is 0 Å². The number of aryl methyl sites for hydroxylation is 1. The first-order valence-corrected chi connectivity index (χ1v) is 12.0. The number of carbonyl (C=O) groups is 2. The third-order valence-corrected chi connectivity index (χ3v) is 6.55. The number of rotatable bonds is 3. The first-order chi connectivity index (χ1) is 16.9. The van der Waals surface area contributed by atoms with E-state index in [0.29, 0.717) is 35.1 Å². The molecular formula is C28H26ClN3O3. The fraction of sp³-hybridized carbons (Fsp3) is 0.214. The number of nitrogens with one attached hydrogen (secondary N) is 1. The van der Waals surface area contributed by atoms with E-state index in [0.717, 1.165) is 12.1 Å². The summed E-state index contributed by atoms with van der Waals surface area (Å²) >= 11 is 6.04. The van der Waals surface area contributed by atoms with Crippen molar-refractivity contribution in [1.82, 2.24) is 4.90 Å². The highest BCUT2D eigenvalue weighted by Gasteiger charge is 2.29. The summed E-state index contributed by atoms with van der Waals surface area (Å²) in [7, 11) is 0. The summed E-state index contributed by atoms with van der Waals surface area (Å²) in [6, 6.07) is 20.9. The van der Waals surface area contributed by atoms with Crippen LogP contribution in [0.4, 0.5) is 11.4 Å². The van der Waals surface area contributed by atoms with Crippen molar-refractivity contribution in [3.05, 3.63) is 94.2 Å². The quantitative estimate of drug-likeness (QED) is 0.504. The summed E-state index contributed by atoms with van der Waals surface area (Å²) in [6.07, 6.45) is 1.64. The van der Waals surface area contributed by atoms with Gasteiger partial charge in [-0.2, -0.15) is 0 Å². The van der Waals surface area contributed by atoms with E-state index in [1.807, 2.05) is 17.0 Å². The Balaban J connectivity index is 1.30. The minimum absolute atomic E-state index is 0.0574. The molecule has 2 amide bonds. The fourth-order valence-corrected chi connectivity index (χ4v) is 4.75. The molecule has 0 radical (unpaired) electrons. The molecule has 1 fully saturated rings. The summed E-state index contributed by atoms with van der Waals surface area (Å²) in [5.41, 5.74) is 4.16. The normalized spacial score (nSPS) is 18.7. The molecule has 1 atom stereocenters. The van der Waals surface area contributed by atoms with Gasteiger partial charge in [-0.3, -0.25) is 9.59 Å². The summed E-state index contributed by atoms with van der Waals surface area (Å²) < 4.78 is 5.83. The number of ether oxygens (including phenoxy) is 1. The third-order valence-electron chi connectivity index (χ3n) is 6.31. The standard InChI is InChI=1S/C28H26ClN3O3/c1-18-5-3-8-23(13-18)32-12-11-31(17-19(32)2)28(34)21-9-10-25-24(16-21)30-27(33)26(35-25)15-20-6-4-7-22(29)14-20/h3-10,13-16,19H,11-12,17H2,1-2H3,(H,30,33). The Morgan fingerprint density at radius 3 is 2.69 bits per heavy atom. The zero-order valence-electron chi connectivity index (χ0n) is 19.6. The lowest BCUT2D eigenvalue weighted by Crippen LogP contribution is -2.53. The van der Waals surface area contributed by atoms with E-state index in [4.69, 9.17) is 16.3 Å². The smallest absolute Gasteiger partial charge is 0.291 e. The van der Waals surface area contributed by atoms with Gasteiger partial charge >= 0.3 is 0 Å². The van der Waals surface area contributed by atoms with Crippen molar-refractivity contribution in [1.29, 1.82) is 0 Å². The molecule has 35 heavy (non-hydrogen) atoms. The molecule has 3 aromatic rings. The van der Waals surface area contributed by atoms with Crippen LogP contribution in [0.1, 0.15) is 28.4 Å². The van der Waals surface area contributed by atoms with Crippen LogP contribution in [0.2, 0.25) is 5.02 Å². The Morgan fingerprint density at radius 1 is 1.09 bits per heavy atom. The average molecular weight is 488 g/mol. The van der Waals surface area contributed by atoms with Crippen LogP contribution in [0.5, 0.6) is 5.75 Å². The van der Waals surface area contributed by atoms with Crippen LogP contribution in [-0.2, 0) is 4.79 Å². The summed E-state index contributed by atoms with van der Waals surface area (Å²) in [6.45, 7) is 6.24. The highest BCUT2D eigenvalue weighted by Crippen LogP contribution is 2.33. The molecule has 2 aliphatic rings. The van der Waals surface area contributed by atoms with Gasteiger partial charge in [0.2, 0.25) is 0 Å². The maximum absolute atomic E-state index is 13.3. The molecule has 6 nitrogen and oxygen atoms in total. The van der Waals surface area contributed by atoms with Gasteiger partial charge in [0.05, 0.1) is 5.69 Å². The maximum atomic E-state index is 13.3. The Morgan fingerprint density at radius 2 is 1.91 bits per heavy atom. The minimum atomic E-state index is -0.373. The molecule has 2 aliphatic heterocycles. The van der Waals surface area contributed by atoms with Gasteiger partial charge in [-0.25, -0.2) is 0 Å². The Bertz CT molecular complexity index is 1340. The maximum Gasteiger partial charge on any atom is 0.291 e. The zero-order valence-corrected chi connectivity index (χ0v) is 20.4. The molecule has 1 unspecified atom stereocenters. The van der Waals surface area contributed by atoms with Gasteiger partial charge in [0.1, 0.15) is 0 Å². The molecule has 0 bridgehead atoms. The van der Waals surface area contributed by atoms with E-state index < -0.39 is 0 Å². The Hall–Kier alpha value is -3.77. The molecule has 178 valence electrons. The van der Waals surface area contributed by atoms with E-state index in [-0.39, 0.29) is 23.6 Å². The fourth-order valence-electron chi connectivity index (χ4n) is 4.56. The molecule has 2 heterocycles. The predicted molar refractivity (Wildman–Crippen MR) is 139 cm³/mol. The van der Waals surface area contributed by atoms with Crippen LogP contribution in [-0.4, -0.2) is 42.4 Å². The number of carbonyl (C=O) groups excluding carboxylic acids is 2. The van der Waals surface area contributed by atoms with Crippen LogP contribution >= 0.6 is 11.6 Å². The summed E-state index contributed by atoms with van der Waals surface area (Å²) in [5, 5.41) is 3.42. The molecule has 0 aliphatic carbocycles. The number of hydrogen-bond donors (Lipinski definition) is 1. The average Bonchev–Trinajstić information content (AvgIpc) is 2.84. The molecule has 0 aromatic heterocycles. The minimum Gasteiger partial charge on any atom is -0.449 e. The SMILES string of the molecule is Cc1cccc(N2CCN(C(=O)c3ccc4c(c3)NC(=O)C(=Cc3cccc(Cl)c3)O4)CC2C)c1. The van der Waals surface area contributed by atoms with Gasteiger partial charge in [-0.05, 0) is 73.5 Å². The van der Waals surface area contributed by atoms with E-state index in [9.17, 15) is 9.59 Å². The lowest BCUT2D eigenvalue weighted by atomic mass is 10.1. The van der Waals surface area contributed by atoms with Crippen molar-refractivity contribution in [2.75, 3.05) is 29.9 Å². The van der Waals surface area contributed by atoms with Crippen LogP contribution in [0.3, 0.4) is 0 Å². The van der Waals surface area contributed by atoms with Crippen molar-refractivity contribution in [2.24, 2.45) is 0 Å². The third kappa shape index (κ3) is 4.88. The Kier molecular flexibility index (Phi) is 6.22. The predicted octanol–water partition coefficient (Wildman–Crippen LogP) is 5.37. The molecule has 0 spiro atoms. The second-order valence-corrected chi connectivity index (χ2v) is 9.40. The molecule has 1 saturated heterocycles. The van der Waals surface area contributed by atoms with Gasteiger partial charge in [0, 0.05) is 41.9 Å². The van der Waals surface area contributed by atoms with E-state index in [1.54, 1.807) is 36.4 Å². The molecule has 3 aromatic carbocycles. The second-order valence-electron chi connectivity index (χ2n) is 8.96. The van der Waals surface area contributed by atoms with Crippen molar-refractivity contribution in [2.45, 2.75) is 19.9 Å². The molecule has 1 N–H and O–H groups in total. The highest BCUT2D eigenvalue weighted by atomic mass is 35.5. The van der Waals surface area contributed by atoms with Gasteiger partial charge in [0.15, 0.2) is 11.5 Å². The molecule has 0 saturated carbocycles. The number of halogens is 1. The number of anilines is 2. The number of piperazine rings is 1. The lowest BCUT2D eigenvalue weighted by molar-refractivity contribution is -0.115. The van der Waals surface area contributed by atoms with Crippen LogP contribution in [0.25, 0.3) is 6.08 Å². The number of benzene rings is 3. The Labute approximate surface area is 209 Å². The van der Waals surface area contributed by atoms with E-state index in [2.05, 4.69) is 48.3 Å². The van der Waals surface area contributed by atoms with E-state index in [1.165, 1.54) is 11.3 Å².